The van der Waals surface area contributed by atoms with Gasteiger partial charge in [0.1, 0.15) is 0 Å². The predicted molar refractivity (Wildman–Crippen MR) is 70.8 cm³/mol. The molecule has 1 heterocycles. The predicted octanol–water partition coefficient (Wildman–Crippen LogP) is 1.78. The van der Waals surface area contributed by atoms with Gasteiger partial charge in [0.25, 0.3) is 0 Å². The third-order valence-electron chi connectivity index (χ3n) is 2.80. The van der Waals surface area contributed by atoms with Crippen molar-refractivity contribution in [1.82, 2.24) is 9.88 Å². The van der Waals surface area contributed by atoms with Crippen LogP contribution in [0.5, 0.6) is 0 Å². The van der Waals surface area contributed by atoms with E-state index in [1.165, 1.54) is 0 Å². The standard InChI is InChI=1S/C12H21N3OS/c1-8-9(17-7-14-8)6-15(5)11(16)10(13)12(2,3)4/h7,10H,6,13H2,1-5H3/t10-/m1/s1. The Hall–Kier alpha value is -0.940. The Morgan fingerprint density at radius 1 is 1.59 bits per heavy atom. The van der Waals surface area contributed by atoms with Crippen molar-refractivity contribution in [3.8, 4) is 0 Å². The molecule has 0 bridgehead atoms. The van der Waals surface area contributed by atoms with Gasteiger partial charge in [0.2, 0.25) is 5.91 Å². The van der Waals surface area contributed by atoms with Crippen LogP contribution in [-0.4, -0.2) is 28.9 Å². The Morgan fingerprint density at radius 3 is 2.59 bits per heavy atom. The molecule has 1 aromatic heterocycles. The van der Waals surface area contributed by atoms with Gasteiger partial charge in [0, 0.05) is 11.9 Å². The minimum absolute atomic E-state index is 0.0229. The second-order valence-corrected chi connectivity index (χ2v) is 6.34. The number of aromatic nitrogens is 1. The second kappa shape index (κ2) is 5.14. The van der Waals surface area contributed by atoms with Crippen LogP contribution in [-0.2, 0) is 11.3 Å². The number of aryl methyl sites for hydroxylation is 1. The van der Waals surface area contributed by atoms with E-state index < -0.39 is 6.04 Å². The SMILES string of the molecule is Cc1ncsc1CN(C)C(=O)[C@@H](N)C(C)(C)C. The highest BCUT2D eigenvalue weighted by Crippen LogP contribution is 2.20. The van der Waals surface area contributed by atoms with Crippen molar-refractivity contribution in [3.63, 3.8) is 0 Å². The number of rotatable bonds is 3. The molecule has 0 saturated heterocycles. The van der Waals surface area contributed by atoms with Crippen molar-refractivity contribution in [2.24, 2.45) is 11.1 Å². The van der Waals surface area contributed by atoms with Gasteiger partial charge in [-0.15, -0.1) is 11.3 Å². The molecule has 4 nitrogen and oxygen atoms in total. The first-order valence-electron chi connectivity index (χ1n) is 5.63. The maximum absolute atomic E-state index is 12.1. The number of carbonyl (C=O) groups is 1. The summed E-state index contributed by atoms with van der Waals surface area (Å²) in [6.07, 6.45) is 0. The maximum atomic E-state index is 12.1. The number of nitrogens with two attached hydrogens (primary N) is 1. The van der Waals surface area contributed by atoms with Crippen molar-refractivity contribution in [2.45, 2.75) is 40.3 Å². The average molecular weight is 255 g/mol. The lowest BCUT2D eigenvalue weighted by molar-refractivity contribution is -0.134. The summed E-state index contributed by atoms with van der Waals surface area (Å²) >= 11 is 1.57. The van der Waals surface area contributed by atoms with Gasteiger partial charge >= 0.3 is 0 Å². The van der Waals surface area contributed by atoms with E-state index in [9.17, 15) is 4.79 Å². The number of likely N-dealkylation sites (N-methyl/N-ethyl adjacent to an activating group) is 1. The summed E-state index contributed by atoms with van der Waals surface area (Å²) in [5.74, 6) is -0.0229. The molecule has 2 N–H and O–H groups in total. The number of thiazole rings is 1. The van der Waals surface area contributed by atoms with Gasteiger partial charge in [0.15, 0.2) is 0 Å². The average Bonchev–Trinajstić information content (AvgIpc) is 2.61. The Morgan fingerprint density at radius 2 is 2.18 bits per heavy atom. The summed E-state index contributed by atoms with van der Waals surface area (Å²) in [5, 5.41) is 0. The first-order chi connectivity index (χ1) is 7.73. The monoisotopic (exact) mass is 255 g/mol. The zero-order valence-electron chi connectivity index (χ0n) is 11.2. The molecule has 0 fully saturated rings. The summed E-state index contributed by atoms with van der Waals surface area (Å²) in [4.78, 5) is 19.1. The van der Waals surface area contributed by atoms with Crippen molar-refractivity contribution in [3.05, 3.63) is 16.1 Å². The molecule has 1 amide bonds. The molecule has 0 radical (unpaired) electrons. The highest BCUT2D eigenvalue weighted by atomic mass is 32.1. The van der Waals surface area contributed by atoms with Crippen molar-refractivity contribution in [1.29, 1.82) is 0 Å². The number of nitrogens with zero attached hydrogens (tertiary/aromatic N) is 2. The van der Waals surface area contributed by atoms with Gasteiger partial charge < -0.3 is 10.6 Å². The smallest absolute Gasteiger partial charge is 0.240 e. The second-order valence-electron chi connectivity index (χ2n) is 5.40. The van der Waals surface area contributed by atoms with Crippen LogP contribution in [0.2, 0.25) is 0 Å². The minimum Gasteiger partial charge on any atom is -0.339 e. The van der Waals surface area contributed by atoms with E-state index in [1.54, 1.807) is 28.8 Å². The molecule has 0 aliphatic heterocycles. The lowest BCUT2D eigenvalue weighted by atomic mass is 9.86. The summed E-state index contributed by atoms with van der Waals surface area (Å²) in [7, 11) is 1.78. The van der Waals surface area contributed by atoms with Gasteiger partial charge in [-0.25, -0.2) is 4.98 Å². The van der Waals surface area contributed by atoms with E-state index >= 15 is 0 Å². The summed E-state index contributed by atoms with van der Waals surface area (Å²) in [6.45, 7) is 8.46. The van der Waals surface area contributed by atoms with Crippen LogP contribution in [0.4, 0.5) is 0 Å². The van der Waals surface area contributed by atoms with E-state index in [0.717, 1.165) is 10.6 Å². The quantitative estimate of drug-likeness (QED) is 0.895. The first-order valence-corrected chi connectivity index (χ1v) is 6.51. The molecule has 0 aliphatic carbocycles. The third kappa shape index (κ3) is 3.51. The Balaban J connectivity index is 2.68. The fraction of sp³-hybridized carbons (Fsp3) is 0.667. The fourth-order valence-corrected chi connectivity index (χ4v) is 2.21. The van der Waals surface area contributed by atoms with Crippen molar-refractivity contribution < 1.29 is 4.79 Å². The van der Waals surface area contributed by atoms with Crippen LogP contribution in [0, 0.1) is 12.3 Å². The molecule has 1 aromatic rings. The van der Waals surface area contributed by atoms with E-state index in [0.29, 0.717) is 6.54 Å². The molecule has 0 spiro atoms. The molecule has 0 aliphatic rings. The molecule has 0 aromatic carbocycles. The highest BCUT2D eigenvalue weighted by molar-refractivity contribution is 7.09. The fourth-order valence-electron chi connectivity index (χ4n) is 1.38. The molecule has 96 valence electrons. The normalized spacial score (nSPS) is 13.5. The first kappa shape index (κ1) is 14.1. The maximum Gasteiger partial charge on any atom is 0.240 e. The van der Waals surface area contributed by atoms with Gasteiger partial charge in [-0.1, -0.05) is 20.8 Å². The lowest BCUT2D eigenvalue weighted by Crippen LogP contribution is -2.48. The lowest BCUT2D eigenvalue weighted by Gasteiger charge is -2.29. The molecule has 1 rings (SSSR count). The molecule has 17 heavy (non-hydrogen) atoms. The highest BCUT2D eigenvalue weighted by Gasteiger charge is 2.29. The Bertz CT molecular complexity index is 395. The Kier molecular flexibility index (Phi) is 4.27. The Labute approximate surface area is 107 Å². The van der Waals surface area contributed by atoms with Crippen LogP contribution in [0.1, 0.15) is 31.3 Å². The molecule has 0 saturated carbocycles. The summed E-state index contributed by atoms with van der Waals surface area (Å²) in [5.41, 5.74) is 8.53. The van der Waals surface area contributed by atoms with Gasteiger partial charge in [-0.05, 0) is 12.3 Å². The van der Waals surface area contributed by atoms with Crippen LogP contribution < -0.4 is 5.73 Å². The van der Waals surface area contributed by atoms with Crippen molar-refractivity contribution in [2.75, 3.05) is 7.05 Å². The molecule has 5 heteroatoms. The molecular weight excluding hydrogens is 234 g/mol. The van der Waals surface area contributed by atoms with Gasteiger partial charge in [-0.3, -0.25) is 4.79 Å². The zero-order chi connectivity index (χ0) is 13.2. The topological polar surface area (TPSA) is 59.2 Å². The van der Waals surface area contributed by atoms with E-state index in [2.05, 4.69) is 4.98 Å². The van der Waals surface area contributed by atoms with Crippen LogP contribution in [0.25, 0.3) is 0 Å². The van der Waals surface area contributed by atoms with E-state index in [1.807, 2.05) is 27.7 Å². The summed E-state index contributed by atoms with van der Waals surface area (Å²) in [6, 6.07) is -0.472. The molecular formula is C12H21N3OS. The number of hydrogen-bond donors (Lipinski definition) is 1. The van der Waals surface area contributed by atoms with Crippen molar-refractivity contribution >= 4 is 17.2 Å². The summed E-state index contributed by atoms with van der Waals surface area (Å²) < 4.78 is 0. The molecule has 1 atom stereocenters. The number of hydrogen-bond acceptors (Lipinski definition) is 4. The van der Waals surface area contributed by atoms with E-state index in [-0.39, 0.29) is 11.3 Å². The van der Waals surface area contributed by atoms with Gasteiger partial charge in [0.05, 0.1) is 23.8 Å². The van der Waals surface area contributed by atoms with E-state index in [4.69, 9.17) is 5.73 Å². The minimum atomic E-state index is -0.472. The number of carbonyl (C=O) groups excluding carboxylic acids is 1. The van der Waals surface area contributed by atoms with Crippen LogP contribution in [0.15, 0.2) is 5.51 Å². The third-order valence-corrected chi connectivity index (χ3v) is 3.72. The molecule has 0 unspecified atom stereocenters. The largest absolute Gasteiger partial charge is 0.339 e. The zero-order valence-corrected chi connectivity index (χ0v) is 12.0. The van der Waals surface area contributed by atoms with Gasteiger partial charge in [-0.2, -0.15) is 0 Å². The van der Waals surface area contributed by atoms with Crippen LogP contribution in [0.3, 0.4) is 0 Å². The number of amides is 1. The van der Waals surface area contributed by atoms with Crippen LogP contribution >= 0.6 is 11.3 Å².